The van der Waals surface area contributed by atoms with Crippen molar-refractivity contribution in [3.63, 3.8) is 0 Å². The number of hydrogen-bond donors (Lipinski definition) is 1. The van der Waals surface area contributed by atoms with E-state index in [9.17, 15) is 4.79 Å². The van der Waals surface area contributed by atoms with Crippen molar-refractivity contribution in [2.75, 3.05) is 12.1 Å². The van der Waals surface area contributed by atoms with E-state index < -0.39 is 0 Å². The number of carbonyl (C=O) groups is 1. The van der Waals surface area contributed by atoms with Crippen molar-refractivity contribution in [2.45, 2.75) is 0 Å². The molecule has 0 unspecified atom stereocenters. The SMILES string of the molecule is NCOC(=O)CBr. The smallest absolute Gasteiger partial charge is 0.317 e. The number of alkyl halides is 1. The average molecular weight is 168 g/mol. The lowest BCUT2D eigenvalue weighted by Gasteiger charge is -1.92. The van der Waals surface area contributed by atoms with E-state index in [1.807, 2.05) is 0 Å². The minimum Gasteiger partial charge on any atom is -0.449 e. The Labute approximate surface area is 50.0 Å². The lowest BCUT2D eigenvalue weighted by atomic mass is 10.8. The zero-order valence-corrected chi connectivity index (χ0v) is 5.27. The Kier molecular flexibility index (Phi) is 4.03. The first-order valence-corrected chi connectivity index (χ1v) is 2.85. The Morgan fingerprint density at radius 2 is 2.43 bits per heavy atom. The van der Waals surface area contributed by atoms with Crippen molar-refractivity contribution >= 4 is 21.9 Å². The van der Waals surface area contributed by atoms with Crippen LogP contribution in [0.4, 0.5) is 0 Å². The molecule has 0 rings (SSSR count). The number of ether oxygens (including phenoxy) is 1. The van der Waals surface area contributed by atoms with Crippen LogP contribution in [-0.2, 0) is 9.53 Å². The third-order valence-electron chi connectivity index (χ3n) is 0.353. The predicted octanol–water partition coefficient (Wildman–Crippen LogP) is -0.159. The second-order valence-electron chi connectivity index (χ2n) is 0.817. The lowest BCUT2D eigenvalue weighted by molar-refractivity contribution is -0.140. The Morgan fingerprint density at radius 1 is 1.86 bits per heavy atom. The maximum absolute atomic E-state index is 10.1. The summed E-state index contributed by atoms with van der Waals surface area (Å²) in [4.78, 5) is 10.1. The summed E-state index contributed by atoms with van der Waals surface area (Å²) >= 11 is 2.89. The molecule has 0 saturated heterocycles. The van der Waals surface area contributed by atoms with Crippen LogP contribution in [0.15, 0.2) is 0 Å². The van der Waals surface area contributed by atoms with Crippen LogP contribution in [0.3, 0.4) is 0 Å². The van der Waals surface area contributed by atoms with Crippen LogP contribution in [0.5, 0.6) is 0 Å². The van der Waals surface area contributed by atoms with Gasteiger partial charge in [-0.1, -0.05) is 15.9 Å². The molecule has 4 heteroatoms. The zero-order valence-electron chi connectivity index (χ0n) is 3.69. The largest absolute Gasteiger partial charge is 0.449 e. The number of esters is 1. The van der Waals surface area contributed by atoms with Crippen molar-refractivity contribution < 1.29 is 9.53 Å². The minimum absolute atomic E-state index is 0.0373. The van der Waals surface area contributed by atoms with Crippen LogP contribution >= 0.6 is 15.9 Å². The van der Waals surface area contributed by atoms with Crippen molar-refractivity contribution in [2.24, 2.45) is 5.73 Å². The molecule has 42 valence electrons. The van der Waals surface area contributed by atoms with E-state index in [1.54, 1.807) is 0 Å². The van der Waals surface area contributed by atoms with E-state index in [0.29, 0.717) is 0 Å². The molecule has 0 aliphatic carbocycles. The molecule has 0 radical (unpaired) electrons. The van der Waals surface area contributed by atoms with Crippen molar-refractivity contribution in [3.8, 4) is 0 Å². The Morgan fingerprint density at radius 3 is 2.57 bits per heavy atom. The summed E-state index contributed by atoms with van der Waals surface area (Å²) in [5.74, 6) is -0.331. The maximum Gasteiger partial charge on any atom is 0.317 e. The summed E-state index contributed by atoms with van der Waals surface area (Å²) in [5.41, 5.74) is 4.84. The molecule has 0 atom stereocenters. The fourth-order valence-electron chi connectivity index (χ4n) is 0.132. The van der Waals surface area contributed by atoms with E-state index in [0.717, 1.165) is 0 Å². The summed E-state index contributed by atoms with van der Waals surface area (Å²) in [6.45, 7) is -0.0373. The Bertz CT molecular complexity index is 66.0. The monoisotopic (exact) mass is 167 g/mol. The Hall–Kier alpha value is -0.0900. The van der Waals surface area contributed by atoms with Gasteiger partial charge in [0, 0.05) is 0 Å². The topological polar surface area (TPSA) is 52.3 Å². The van der Waals surface area contributed by atoms with E-state index in [-0.39, 0.29) is 18.0 Å². The van der Waals surface area contributed by atoms with Crippen LogP contribution in [0.1, 0.15) is 0 Å². The molecule has 2 N–H and O–H groups in total. The Balaban J connectivity index is 3.00. The molecular formula is C3H6BrNO2. The van der Waals surface area contributed by atoms with Gasteiger partial charge in [0.25, 0.3) is 0 Å². The zero-order chi connectivity index (χ0) is 5.70. The fraction of sp³-hybridized carbons (Fsp3) is 0.667. The summed E-state index contributed by atoms with van der Waals surface area (Å²) < 4.78 is 4.28. The van der Waals surface area contributed by atoms with Gasteiger partial charge in [-0.15, -0.1) is 0 Å². The predicted molar refractivity (Wildman–Crippen MR) is 28.9 cm³/mol. The molecule has 0 aromatic carbocycles. The van der Waals surface area contributed by atoms with Gasteiger partial charge in [-0.3, -0.25) is 10.5 Å². The summed E-state index contributed by atoms with van der Waals surface area (Å²) in [6.07, 6.45) is 0. The van der Waals surface area contributed by atoms with E-state index in [4.69, 9.17) is 5.73 Å². The number of hydrogen-bond acceptors (Lipinski definition) is 3. The first-order chi connectivity index (χ1) is 3.31. The van der Waals surface area contributed by atoms with Gasteiger partial charge in [-0.25, -0.2) is 0 Å². The number of halogens is 1. The standard InChI is InChI=1S/C3H6BrNO2/c4-1-3(6)7-2-5/h1-2,5H2. The molecule has 0 heterocycles. The molecule has 3 nitrogen and oxygen atoms in total. The molecule has 0 aromatic rings. The van der Waals surface area contributed by atoms with Crippen molar-refractivity contribution in [3.05, 3.63) is 0 Å². The number of rotatable bonds is 2. The normalized spacial score (nSPS) is 8.29. The van der Waals surface area contributed by atoms with E-state index in [1.165, 1.54) is 0 Å². The second kappa shape index (κ2) is 4.08. The quantitative estimate of drug-likeness (QED) is 0.354. The van der Waals surface area contributed by atoms with Gasteiger partial charge in [-0.2, -0.15) is 0 Å². The highest BCUT2D eigenvalue weighted by molar-refractivity contribution is 9.09. The van der Waals surface area contributed by atoms with Crippen molar-refractivity contribution in [1.29, 1.82) is 0 Å². The van der Waals surface area contributed by atoms with Gasteiger partial charge in [0.1, 0.15) is 12.1 Å². The molecule has 0 saturated carbocycles. The van der Waals surface area contributed by atoms with Gasteiger partial charge in [-0.05, 0) is 0 Å². The number of carbonyl (C=O) groups excluding carboxylic acids is 1. The second-order valence-corrected chi connectivity index (χ2v) is 1.38. The fourth-order valence-corrected chi connectivity index (χ4v) is 0.293. The first kappa shape index (κ1) is 6.91. The van der Waals surface area contributed by atoms with Crippen molar-refractivity contribution in [1.82, 2.24) is 0 Å². The van der Waals surface area contributed by atoms with E-state index >= 15 is 0 Å². The highest BCUT2D eigenvalue weighted by Gasteiger charge is 1.92. The van der Waals surface area contributed by atoms with Crippen LogP contribution in [0, 0.1) is 0 Å². The molecule has 0 fully saturated rings. The van der Waals surface area contributed by atoms with Gasteiger partial charge in [0.05, 0.1) is 0 Å². The average Bonchev–Trinajstić information content (AvgIpc) is 1.68. The molecule has 0 aliphatic rings. The molecule has 0 aliphatic heterocycles. The summed E-state index contributed by atoms with van der Waals surface area (Å²) in [7, 11) is 0. The van der Waals surface area contributed by atoms with Crippen LogP contribution in [0.2, 0.25) is 0 Å². The third-order valence-corrected chi connectivity index (χ3v) is 0.811. The molecule has 0 spiro atoms. The molecule has 0 bridgehead atoms. The molecule has 0 aromatic heterocycles. The first-order valence-electron chi connectivity index (χ1n) is 1.73. The molecular weight excluding hydrogens is 162 g/mol. The maximum atomic E-state index is 10.1. The number of nitrogens with two attached hydrogens (primary N) is 1. The van der Waals surface area contributed by atoms with Gasteiger partial charge >= 0.3 is 5.97 Å². The van der Waals surface area contributed by atoms with E-state index in [2.05, 4.69) is 20.7 Å². The van der Waals surface area contributed by atoms with Gasteiger partial charge in [0.2, 0.25) is 0 Å². The van der Waals surface area contributed by atoms with Crippen LogP contribution < -0.4 is 5.73 Å². The van der Waals surface area contributed by atoms with Crippen LogP contribution in [0.25, 0.3) is 0 Å². The minimum atomic E-state index is -0.331. The lowest BCUT2D eigenvalue weighted by Crippen LogP contribution is -2.12. The summed E-state index contributed by atoms with van der Waals surface area (Å²) in [6, 6.07) is 0. The highest BCUT2D eigenvalue weighted by Crippen LogP contribution is 1.81. The summed E-state index contributed by atoms with van der Waals surface area (Å²) in [5, 5.41) is 0.212. The van der Waals surface area contributed by atoms with Crippen LogP contribution in [-0.4, -0.2) is 18.0 Å². The molecule has 7 heavy (non-hydrogen) atoms. The van der Waals surface area contributed by atoms with Gasteiger partial charge in [0.15, 0.2) is 0 Å². The third kappa shape index (κ3) is 3.75. The highest BCUT2D eigenvalue weighted by atomic mass is 79.9. The van der Waals surface area contributed by atoms with Gasteiger partial charge < -0.3 is 4.74 Å². The molecule has 0 amide bonds.